The maximum Gasteiger partial charge on any atom is 0.247 e. The highest BCUT2D eigenvalue weighted by atomic mass is 35.5. The second-order valence-corrected chi connectivity index (χ2v) is 6.62. The summed E-state index contributed by atoms with van der Waals surface area (Å²) >= 11 is 7.46. The Balaban J connectivity index is 1.48. The topological polar surface area (TPSA) is 95.7 Å². The summed E-state index contributed by atoms with van der Waals surface area (Å²) in [5, 5.41) is 17.6. The SMILES string of the molecule is Nc1nnc(SCc2nnc(-c3cccc(Cl)c3)o2)n1C1CC1. The molecule has 1 aliphatic carbocycles. The molecule has 7 nitrogen and oxygen atoms in total. The predicted octanol–water partition coefficient (Wildman–Crippen LogP) is 3.19. The van der Waals surface area contributed by atoms with Gasteiger partial charge in [0.1, 0.15) is 0 Å². The molecule has 1 aliphatic rings. The van der Waals surface area contributed by atoms with Crippen molar-refractivity contribution < 1.29 is 4.42 Å². The van der Waals surface area contributed by atoms with E-state index in [0.29, 0.717) is 34.5 Å². The summed E-state index contributed by atoms with van der Waals surface area (Å²) in [6.07, 6.45) is 2.24. The van der Waals surface area contributed by atoms with Gasteiger partial charge in [0.25, 0.3) is 0 Å². The molecular formula is C14H13ClN6OS. The highest BCUT2D eigenvalue weighted by Crippen LogP contribution is 2.39. The van der Waals surface area contributed by atoms with Gasteiger partial charge in [-0.05, 0) is 31.0 Å². The number of nitrogens with two attached hydrogens (primary N) is 1. The van der Waals surface area contributed by atoms with E-state index in [1.54, 1.807) is 12.1 Å². The Labute approximate surface area is 141 Å². The second-order valence-electron chi connectivity index (χ2n) is 5.24. The minimum atomic E-state index is 0.428. The molecule has 0 unspecified atom stereocenters. The lowest BCUT2D eigenvalue weighted by molar-refractivity contribution is 0.528. The fourth-order valence-corrected chi connectivity index (χ4v) is 3.28. The first-order valence-corrected chi connectivity index (χ1v) is 8.48. The number of thioether (sulfide) groups is 1. The van der Waals surface area contributed by atoms with Crippen molar-refractivity contribution in [3.63, 3.8) is 0 Å². The number of benzene rings is 1. The number of halogens is 1. The molecule has 0 atom stereocenters. The summed E-state index contributed by atoms with van der Waals surface area (Å²) in [7, 11) is 0. The lowest BCUT2D eigenvalue weighted by Crippen LogP contribution is -2.02. The van der Waals surface area contributed by atoms with Crippen LogP contribution in [0.5, 0.6) is 0 Å². The smallest absolute Gasteiger partial charge is 0.247 e. The van der Waals surface area contributed by atoms with Gasteiger partial charge in [-0.25, -0.2) is 0 Å². The maximum absolute atomic E-state index is 5.97. The normalized spacial score (nSPS) is 14.3. The third-order valence-electron chi connectivity index (χ3n) is 3.47. The van der Waals surface area contributed by atoms with Crippen molar-refractivity contribution in [2.24, 2.45) is 0 Å². The Morgan fingerprint density at radius 2 is 2.13 bits per heavy atom. The molecule has 1 fully saturated rings. The molecule has 1 saturated carbocycles. The van der Waals surface area contributed by atoms with Crippen LogP contribution >= 0.6 is 23.4 Å². The van der Waals surface area contributed by atoms with Gasteiger partial charge >= 0.3 is 0 Å². The Hall–Kier alpha value is -2.06. The first-order chi connectivity index (χ1) is 11.2. The van der Waals surface area contributed by atoms with Gasteiger partial charge in [0.2, 0.25) is 17.7 Å². The third-order valence-corrected chi connectivity index (χ3v) is 4.63. The summed E-state index contributed by atoms with van der Waals surface area (Å²) < 4.78 is 7.65. The summed E-state index contributed by atoms with van der Waals surface area (Å²) in [4.78, 5) is 0. The Kier molecular flexibility index (Phi) is 3.70. The van der Waals surface area contributed by atoms with Crippen molar-refractivity contribution in [2.75, 3.05) is 5.73 Å². The fourth-order valence-electron chi connectivity index (χ4n) is 2.24. The molecule has 23 heavy (non-hydrogen) atoms. The van der Waals surface area contributed by atoms with Crippen LogP contribution in [0.15, 0.2) is 33.8 Å². The van der Waals surface area contributed by atoms with Crippen molar-refractivity contribution in [3.8, 4) is 11.5 Å². The monoisotopic (exact) mass is 348 g/mol. The van der Waals surface area contributed by atoms with E-state index in [9.17, 15) is 0 Å². The molecule has 2 aromatic heterocycles. The van der Waals surface area contributed by atoms with E-state index in [2.05, 4.69) is 20.4 Å². The highest BCUT2D eigenvalue weighted by molar-refractivity contribution is 7.98. The van der Waals surface area contributed by atoms with Crippen molar-refractivity contribution in [1.29, 1.82) is 0 Å². The minimum absolute atomic E-state index is 0.428. The van der Waals surface area contributed by atoms with Gasteiger partial charge in [0, 0.05) is 16.6 Å². The molecule has 0 radical (unpaired) electrons. The maximum atomic E-state index is 5.97. The van der Waals surface area contributed by atoms with E-state index in [-0.39, 0.29) is 0 Å². The predicted molar refractivity (Wildman–Crippen MR) is 87.0 cm³/mol. The van der Waals surface area contributed by atoms with Crippen LogP contribution < -0.4 is 5.73 Å². The number of nitrogens with zero attached hydrogens (tertiary/aromatic N) is 5. The number of hydrogen-bond donors (Lipinski definition) is 1. The van der Waals surface area contributed by atoms with Crippen molar-refractivity contribution >= 4 is 29.3 Å². The summed E-state index contributed by atoms with van der Waals surface area (Å²) in [6.45, 7) is 0. The lowest BCUT2D eigenvalue weighted by atomic mass is 10.2. The van der Waals surface area contributed by atoms with Crippen LogP contribution in [0.25, 0.3) is 11.5 Å². The standard InChI is InChI=1S/C14H13ClN6OS/c15-9-3-1-2-8(6-9)12-18-17-11(22-12)7-23-14-20-19-13(16)21(14)10-4-5-10/h1-3,6,10H,4-5,7H2,(H2,16,19). The molecule has 9 heteroatoms. The van der Waals surface area contributed by atoms with E-state index in [1.807, 2.05) is 16.7 Å². The van der Waals surface area contributed by atoms with Crippen molar-refractivity contribution in [3.05, 3.63) is 35.2 Å². The fraction of sp³-hybridized carbons (Fsp3) is 0.286. The third kappa shape index (κ3) is 3.04. The Bertz CT molecular complexity index is 843. The summed E-state index contributed by atoms with van der Waals surface area (Å²) in [5.74, 6) is 1.94. The highest BCUT2D eigenvalue weighted by Gasteiger charge is 2.29. The van der Waals surface area contributed by atoms with Gasteiger partial charge in [-0.3, -0.25) is 4.57 Å². The average molecular weight is 349 g/mol. The van der Waals surface area contributed by atoms with Gasteiger partial charge in [-0.2, -0.15) is 0 Å². The van der Waals surface area contributed by atoms with Crippen LogP contribution in [0, 0.1) is 0 Å². The molecule has 0 spiro atoms. The van der Waals surface area contributed by atoms with E-state index >= 15 is 0 Å². The number of rotatable bonds is 5. The lowest BCUT2D eigenvalue weighted by Gasteiger charge is -2.04. The van der Waals surface area contributed by atoms with E-state index in [4.69, 9.17) is 21.8 Å². The number of hydrogen-bond acceptors (Lipinski definition) is 7. The zero-order valence-electron chi connectivity index (χ0n) is 12.0. The number of anilines is 1. The molecular weight excluding hydrogens is 336 g/mol. The summed E-state index contributed by atoms with van der Waals surface area (Å²) in [6, 6.07) is 7.74. The van der Waals surface area contributed by atoms with Gasteiger partial charge in [0.15, 0.2) is 5.16 Å². The zero-order chi connectivity index (χ0) is 15.8. The molecule has 0 aliphatic heterocycles. The number of nitrogen functional groups attached to an aromatic ring is 1. The Morgan fingerprint density at radius 3 is 2.91 bits per heavy atom. The number of aromatic nitrogens is 5. The van der Waals surface area contributed by atoms with Gasteiger partial charge < -0.3 is 10.2 Å². The first-order valence-electron chi connectivity index (χ1n) is 7.12. The van der Waals surface area contributed by atoms with Crippen LogP contribution in [0.1, 0.15) is 24.8 Å². The first kappa shape index (κ1) is 14.5. The minimum Gasteiger partial charge on any atom is -0.420 e. The summed E-state index contributed by atoms with van der Waals surface area (Å²) in [5.41, 5.74) is 6.66. The van der Waals surface area contributed by atoms with Gasteiger partial charge in [-0.1, -0.05) is 29.4 Å². The molecule has 2 heterocycles. The van der Waals surface area contributed by atoms with Gasteiger partial charge in [-0.15, -0.1) is 20.4 Å². The van der Waals surface area contributed by atoms with E-state index in [1.165, 1.54) is 11.8 Å². The van der Waals surface area contributed by atoms with Crippen LogP contribution in [0.2, 0.25) is 5.02 Å². The quantitative estimate of drug-likeness (QED) is 0.707. The zero-order valence-corrected chi connectivity index (χ0v) is 13.6. The molecule has 0 saturated heterocycles. The molecule has 4 rings (SSSR count). The van der Waals surface area contributed by atoms with E-state index < -0.39 is 0 Å². The Morgan fingerprint density at radius 1 is 1.26 bits per heavy atom. The van der Waals surface area contributed by atoms with Crippen LogP contribution in [0.4, 0.5) is 5.95 Å². The van der Waals surface area contributed by atoms with Crippen molar-refractivity contribution in [2.45, 2.75) is 29.8 Å². The molecule has 2 N–H and O–H groups in total. The molecule has 0 bridgehead atoms. The molecule has 0 amide bonds. The molecule has 1 aromatic carbocycles. The van der Waals surface area contributed by atoms with Crippen LogP contribution in [0.3, 0.4) is 0 Å². The second kappa shape index (κ2) is 5.86. The van der Waals surface area contributed by atoms with Crippen molar-refractivity contribution in [1.82, 2.24) is 25.0 Å². The van der Waals surface area contributed by atoms with Gasteiger partial charge in [0.05, 0.1) is 5.75 Å². The van der Waals surface area contributed by atoms with E-state index in [0.717, 1.165) is 23.6 Å². The largest absolute Gasteiger partial charge is 0.420 e. The van der Waals surface area contributed by atoms with Crippen LogP contribution in [-0.2, 0) is 5.75 Å². The average Bonchev–Trinajstić information content (AvgIpc) is 3.14. The van der Waals surface area contributed by atoms with Crippen LogP contribution in [-0.4, -0.2) is 25.0 Å². The molecule has 3 aromatic rings. The molecule has 118 valence electrons.